The highest BCUT2D eigenvalue weighted by molar-refractivity contribution is 6.77. The van der Waals surface area contributed by atoms with Crippen molar-refractivity contribution in [1.82, 2.24) is 0 Å². The first kappa shape index (κ1) is 24.6. The number of hydrogen-bond acceptors (Lipinski definition) is 2. The molecule has 0 atom stereocenters. The van der Waals surface area contributed by atoms with Crippen LogP contribution in [-0.2, 0) is 8.85 Å². The summed E-state index contributed by atoms with van der Waals surface area (Å²) in [5.41, 5.74) is 4.41. The van der Waals surface area contributed by atoms with E-state index in [1.54, 1.807) is 14.2 Å². The lowest BCUT2D eigenvalue weighted by Crippen LogP contribution is -2.36. The van der Waals surface area contributed by atoms with Crippen molar-refractivity contribution in [2.24, 2.45) is 0 Å². The van der Waals surface area contributed by atoms with E-state index in [0.717, 1.165) is 12.8 Å². The van der Waals surface area contributed by atoms with Gasteiger partial charge < -0.3 is 8.85 Å². The molecule has 0 N–H and O–H groups in total. The van der Waals surface area contributed by atoms with E-state index in [2.05, 4.69) is 37.4 Å². The SMILES string of the molecule is CCCCCCCCC=C[Si](C=CCCCCCCCC)(OC)OC. The zero-order chi connectivity index (χ0) is 18.6. The van der Waals surface area contributed by atoms with E-state index < -0.39 is 8.56 Å². The van der Waals surface area contributed by atoms with Crippen molar-refractivity contribution in [3.63, 3.8) is 0 Å². The molecule has 0 aromatic carbocycles. The van der Waals surface area contributed by atoms with Gasteiger partial charge in [-0.15, -0.1) is 0 Å². The molecule has 0 aliphatic rings. The topological polar surface area (TPSA) is 18.5 Å². The summed E-state index contributed by atoms with van der Waals surface area (Å²) in [4.78, 5) is 0. The molecule has 0 rings (SSSR count). The molecule has 0 unspecified atom stereocenters. The van der Waals surface area contributed by atoms with Crippen LogP contribution in [0.2, 0.25) is 0 Å². The van der Waals surface area contributed by atoms with Crippen molar-refractivity contribution in [3.8, 4) is 0 Å². The quantitative estimate of drug-likeness (QED) is 0.185. The molecule has 0 aromatic heterocycles. The third kappa shape index (κ3) is 14.5. The second-order valence-electron chi connectivity index (χ2n) is 7.05. The summed E-state index contributed by atoms with van der Waals surface area (Å²) in [5, 5.41) is 0. The fraction of sp³-hybridized carbons (Fsp3) is 0.818. The number of rotatable bonds is 18. The highest BCUT2D eigenvalue weighted by Crippen LogP contribution is 2.14. The Bertz CT molecular complexity index is 294. The maximum Gasteiger partial charge on any atom is 0.390 e. The molecular weight excluding hydrogens is 324 g/mol. The average Bonchev–Trinajstić information content (AvgIpc) is 2.64. The predicted octanol–water partition coefficient (Wildman–Crippen LogP) is 7.41. The van der Waals surface area contributed by atoms with Gasteiger partial charge in [0, 0.05) is 14.2 Å². The Hall–Kier alpha value is -0.383. The van der Waals surface area contributed by atoms with Gasteiger partial charge in [0.15, 0.2) is 0 Å². The van der Waals surface area contributed by atoms with Crippen LogP contribution in [0.1, 0.15) is 104 Å². The summed E-state index contributed by atoms with van der Waals surface area (Å²) in [6.07, 6.45) is 23.0. The minimum Gasteiger partial charge on any atom is -0.392 e. The van der Waals surface area contributed by atoms with Crippen molar-refractivity contribution in [3.05, 3.63) is 23.6 Å². The Morgan fingerprint density at radius 2 is 0.920 bits per heavy atom. The zero-order valence-electron chi connectivity index (χ0n) is 17.5. The van der Waals surface area contributed by atoms with Gasteiger partial charge in [-0.05, 0) is 37.1 Å². The Morgan fingerprint density at radius 1 is 0.560 bits per heavy atom. The first-order valence-electron chi connectivity index (χ1n) is 10.7. The fourth-order valence-corrected chi connectivity index (χ4v) is 4.80. The highest BCUT2D eigenvalue weighted by Gasteiger charge is 2.28. The summed E-state index contributed by atoms with van der Waals surface area (Å²) in [5.74, 6) is 0. The van der Waals surface area contributed by atoms with E-state index in [0.29, 0.717) is 0 Å². The van der Waals surface area contributed by atoms with E-state index in [4.69, 9.17) is 8.85 Å². The maximum absolute atomic E-state index is 5.75. The predicted molar refractivity (Wildman–Crippen MR) is 114 cm³/mol. The third-order valence-corrected chi connectivity index (χ3v) is 7.46. The van der Waals surface area contributed by atoms with E-state index in [1.165, 1.54) is 77.0 Å². The molecule has 0 saturated heterocycles. The molecule has 25 heavy (non-hydrogen) atoms. The fourth-order valence-electron chi connectivity index (χ4n) is 2.99. The molecule has 148 valence electrons. The molecule has 0 spiro atoms. The summed E-state index contributed by atoms with van der Waals surface area (Å²) in [6, 6.07) is 0. The molecule has 0 aliphatic carbocycles. The lowest BCUT2D eigenvalue weighted by atomic mass is 10.1. The lowest BCUT2D eigenvalue weighted by molar-refractivity contribution is 0.269. The van der Waals surface area contributed by atoms with Crippen molar-refractivity contribution >= 4 is 8.56 Å². The summed E-state index contributed by atoms with van der Waals surface area (Å²) >= 11 is 0. The van der Waals surface area contributed by atoms with Gasteiger partial charge in [-0.3, -0.25) is 0 Å². The van der Waals surface area contributed by atoms with Gasteiger partial charge in [0.05, 0.1) is 0 Å². The number of hydrogen-bond donors (Lipinski definition) is 0. The maximum atomic E-state index is 5.75. The molecule has 0 radical (unpaired) electrons. The Morgan fingerprint density at radius 3 is 1.28 bits per heavy atom. The molecule has 0 bridgehead atoms. The minimum absolute atomic E-state index is 1.14. The smallest absolute Gasteiger partial charge is 0.390 e. The van der Waals surface area contributed by atoms with E-state index in [1.807, 2.05) is 0 Å². The summed E-state index contributed by atoms with van der Waals surface area (Å²) in [6.45, 7) is 4.53. The van der Waals surface area contributed by atoms with Crippen LogP contribution in [0.5, 0.6) is 0 Å². The van der Waals surface area contributed by atoms with Gasteiger partial charge in [0.1, 0.15) is 0 Å². The van der Waals surface area contributed by atoms with Crippen LogP contribution in [0.15, 0.2) is 23.6 Å². The Kier molecular flexibility index (Phi) is 18.1. The first-order valence-corrected chi connectivity index (χ1v) is 12.7. The molecule has 0 saturated carbocycles. The molecule has 3 heteroatoms. The molecule has 0 amide bonds. The van der Waals surface area contributed by atoms with Crippen LogP contribution in [0, 0.1) is 0 Å². The van der Waals surface area contributed by atoms with Crippen LogP contribution < -0.4 is 0 Å². The standard InChI is InChI=1S/C22H44O2Si/c1-5-7-9-11-13-15-17-19-21-25(23-3,24-4)22-20-18-16-14-12-10-8-6-2/h19-22H,5-18H2,1-4H3. The van der Waals surface area contributed by atoms with Gasteiger partial charge in [-0.2, -0.15) is 0 Å². The molecular formula is C22H44O2Si. The molecule has 0 fully saturated rings. The van der Waals surface area contributed by atoms with Gasteiger partial charge in [0.2, 0.25) is 0 Å². The third-order valence-electron chi connectivity index (χ3n) is 4.79. The van der Waals surface area contributed by atoms with Crippen LogP contribution in [0.25, 0.3) is 0 Å². The first-order chi connectivity index (χ1) is 12.2. The van der Waals surface area contributed by atoms with Crippen molar-refractivity contribution in [2.45, 2.75) is 104 Å². The Labute approximate surface area is 159 Å². The van der Waals surface area contributed by atoms with Gasteiger partial charge in [0.25, 0.3) is 0 Å². The van der Waals surface area contributed by atoms with Crippen LogP contribution >= 0.6 is 0 Å². The second kappa shape index (κ2) is 18.4. The average molecular weight is 369 g/mol. The number of unbranched alkanes of at least 4 members (excludes halogenated alkanes) is 12. The van der Waals surface area contributed by atoms with Crippen molar-refractivity contribution in [1.29, 1.82) is 0 Å². The van der Waals surface area contributed by atoms with E-state index in [-0.39, 0.29) is 0 Å². The highest BCUT2D eigenvalue weighted by atomic mass is 28.4. The lowest BCUT2D eigenvalue weighted by Gasteiger charge is -2.19. The monoisotopic (exact) mass is 368 g/mol. The normalized spacial score (nSPS) is 12.6. The van der Waals surface area contributed by atoms with E-state index in [9.17, 15) is 0 Å². The molecule has 0 heterocycles. The van der Waals surface area contributed by atoms with Crippen molar-refractivity contribution in [2.75, 3.05) is 14.2 Å². The molecule has 0 aromatic rings. The van der Waals surface area contributed by atoms with Gasteiger partial charge in [-0.1, -0.05) is 90.2 Å². The zero-order valence-corrected chi connectivity index (χ0v) is 18.5. The van der Waals surface area contributed by atoms with Crippen LogP contribution in [0.4, 0.5) is 0 Å². The number of allylic oxidation sites excluding steroid dienone is 2. The van der Waals surface area contributed by atoms with Crippen LogP contribution in [-0.4, -0.2) is 22.8 Å². The summed E-state index contributed by atoms with van der Waals surface area (Å²) < 4.78 is 11.5. The second-order valence-corrected chi connectivity index (χ2v) is 9.97. The largest absolute Gasteiger partial charge is 0.392 e. The summed E-state index contributed by atoms with van der Waals surface area (Å²) in [7, 11) is 1.29. The minimum atomic E-state index is -2.27. The Balaban J connectivity index is 4.00. The molecule has 0 aliphatic heterocycles. The van der Waals surface area contributed by atoms with Crippen molar-refractivity contribution < 1.29 is 8.85 Å². The van der Waals surface area contributed by atoms with E-state index >= 15 is 0 Å². The van der Waals surface area contributed by atoms with Gasteiger partial charge in [-0.25, -0.2) is 0 Å². The molecule has 2 nitrogen and oxygen atoms in total. The van der Waals surface area contributed by atoms with Gasteiger partial charge >= 0.3 is 8.56 Å². The van der Waals surface area contributed by atoms with Crippen LogP contribution in [0.3, 0.4) is 0 Å².